The number of rotatable bonds is 3. The minimum absolute atomic E-state index is 0.0908. The van der Waals surface area contributed by atoms with E-state index in [0.717, 1.165) is 13.0 Å². The van der Waals surface area contributed by atoms with Crippen LogP contribution in [0.15, 0.2) is 0 Å². The van der Waals surface area contributed by atoms with Crippen LogP contribution in [0.3, 0.4) is 0 Å². The summed E-state index contributed by atoms with van der Waals surface area (Å²) in [6, 6.07) is 0. The third-order valence-electron chi connectivity index (χ3n) is 2.69. The van der Waals surface area contributed by atoms with Crippen molar-refractivity contribution < 1.29 is 14.3 Å². The van der Waals surface area contributed by atoms with Crippen LogP contribution in [0, 0.1) is 11.8 Å². The van der Waals surface area contributed by atoms with Crippen LogP contribution >= 0.6 is 0 Å². The molecule has 0 aromatic carbocycles. The summed E-state index contributed by atoms with van der Waals surface area (Å²) in [5, 5.41) is 0. The molecule has 0 spiro atoms. The highest BCUT2D eigenvalue weighted by Crippen LogP contribution is 2.17. The molecule has 1 amide bonds. The number of nitrogens with zero attached hydrogens (tertiary/aromatic N) is 1. The first-order valence-corrected chi connectivity index (χ1v) is 5.41. The largest absolute Gasteiger partial charge is 0.465 e. The summed E-state index contributed by atoms with van der Waals surface area (Å²) >= 11 is 0. The van der Waals surface area contributed by atoms with Crippen molar-refractivity contribution in [3.63, 3.8) is 0 Å². The van der Waals surface area contributed by atoms with Gasteiger partial charge in [0.15, 0.2) is 0 Å². The number of piperidine rings is 1. The zero-order valence-corrected chi connectivity index (χ0v) is 9.66. The quantitative estimate of drug-likeness (QED) is 0.658. The van der Waals surface area contributed by atoms with Crippen molar-refractivity contribution in [2.75, 3.05) is 20.2 Å². The first kappa shape index (κ1) is 12.0. The van der Waals surface area contributed by atoms with E-state index in [2.05, 4.69) is 0 Å². The topological polar surface area (TPSA) is 46.6 Å². The first-order valence-electron chi connectivity index (χ1n) is 5.41. The van der Waals surface area contributed by atoms with Crippen LogP contribution in [0.5, 0.6) is 0 Å². The molecule has 1 fully saturated rings. The van der Waals surface area contributed by atoms with Gasteiger partial charge in [0, 0.05) is 25.9 Å². The summed E-state index contributed by atoms with van der Waals surface area (Å²) < 4.78 is 5.12. The Morgan fingerprint density at radius 3 is 2.80 bits per heavy atom. The van der Waals surface area contributed by atoms with Gasteiger partial charge in [0.05, 0.1) is 12.5 Å². The van der Waals surface area contributed by atoms with E-state index < -0.39 is 0 Å². The first-order chi connectivity index (χ1) is 7.00. The number of carbonyl (C=O) groups excluding carboxylic acids is 2. The molecule has 0 saturated carbocycles. The average Bonchev–Trinajstić information content (AvgIpc) is 2.19. The number of hydrogen-bond acceptors (Lipinski definition) is 3. The summed E-state index contributed by atoms with van der Waals surface area (Å²) in [6.45, 7) is 4.77. The van der Waals surface area contributed by atoms with Crippen molar-refractivity contribution in [2.24, 2.45) is 11.8 Å². The predicted molar refractivity (Wildman–Crippen MR) is 56.2 cm³/mol. The zero-order valence-electron chi connectivity index (χ0n) is 9.66. The van der Waals surface area contributed by atoms with Crippen molar-refractivity contribution in [3.05, 3.63) is 0 Å². The van der Waals surface area contributed by atoms with E-state index in [1.165, 1.54) is 0 Å². The maximum atomic E-state index is 11.4. The van der Waals surface area contributed by atoms with Gasteiger partial charge >= 0.3 is 5.97 Å². The Kier molecular flexibility index (Phi) is 4.12. The Bertz CT molecular complexity index is 250. The Hall–Kier alpha value is -1.06. The third kappa shape index (κ3) is 3.53. The fourth-order valence-electron chi connectivity index (χ4n) is 1.51. The van der Waals surface area contributed by atoms with Crippen molar-refractivity contribution >= 4 is 11.9 Å². The molecule has 4 nitrogen and oxygen atoms in total. The summed E-state index contributed by atoms with van der Waals surface area (Å²) in [6.07, 6.45) is 1.43. The number of likely N-dealkylation sites (tertiary alicyclic amines) is 1. The molecule has 1 rings (SSSR count). The number of esters is 1. The molecule has 1 unspecified atom stereocenters. The normalized spacial score (nSPS) is 22.0. The predicted octanol–water partition coefficient (Wildman–Crippen LogP) is 1.05. The molecular weight excluding hydrogens is 194 g/mol. The number of hydrogen-bond donors (Lipinski definition) is 0. The highest BCUT2D eigenvalue weighted by molar-refractivity contribution is 5.77. The minimum Gasteiger partial charge on any atom is -0.465 e. The molecular formula is C11H19NO3. The second-order valence-electron chi connectivity index (χ2n) is 4.46. The van der Waals surface area contributed by atoms with Crippen molar-refractivity contribution in [1.82, 2.24) is 4.90 Å². The minimum atomic E-state index is -0.179. The van der Waals surface area contributed by atoms with E-state index in [0.29, 0.717) is 13.0 Å². The Labute approximate surface area is 90.6 Å². The van der Waals surface area contributed by atoms with Crippen LogP contribution in [0.25, 0.3) is 0 Å². The standard InChI is InChI=1S/C11H19NO3/c1-8(2)11(14)15-7-9-4-5-12(3)10(13)6-9/h8-9H,4-7H2,1-3H3. The lowest BCUT2D eigenvalue weighted by Gasteiger charge is -2.28. The fourth-order valence-corrected chi connectivity index (χ4v) is 1.51. The summed E-state index contributed by atoms with van der Waals surface area (Å²) in [4.78, 5) is 24.3. The van der Waals surface area contributed by atoms with E-state index in [1.807, 2.05) is 13.8 Å². The second kappa shape index (κ2) is 5.14. The molecule has 0 aliphatic carbocycles. The van der Waals surface area contributed by atoms with E-state index >= 15 is 0 Å². The SMILES string of the molecule is CC(C)C(=O)OCC1CCN(C)C(=O)C1. The summed E-state index contributed by atoms with van der Waals surface area (Å²) in [5.74, 6) is 0.0802. The molecule has 0 bridgehead atoms. The van der Waals surface area contributed by atoms with E-state index in [-0.39, 0.29) is 23.7 Å². The van der Waals surface area contributed by atoms with Crippen LogP contribution in [0.2, 0.25) is 0 Å². The van der Waals surface area contributed by atoms with Gasteiger partial charge in [0.2, 0.25) is 5.91 Å². The highest BCUT2D eigenvalue weighted by Gasteiger charge is 2.24. The molecule has 0 aromatic rings. The maximum Gasteiger partial charge on any atom is 0.308 e. The average molecular weight is 213 g/mol. The van der Waals surface area contributed by atoms with Crippen molar-refractivity contribution in [1.29, 1.82) is 0 Å². The molecule has 4 heteroatoms. The molecule has 1 saturated heterocycles. The lowest BCUT2D eigenvalue weighted by atomic mass is 9.97. The Morgan fingerprint density at radius 1 is 1.60 bits per heavy atom. The summed E-state index contributed by atoms with van der Waals surface area (Å²) in [7, 11) is 1.80. The van der Waals surface area contributed by atoms with Gasteiger partial charge in [-0.1, -0.05) is 13.8 Å². The van der Waals surface area contributed by atoms with Gasteiger partial charge < -0.3 is 9.64 Å². The van der Waals surface area contributed by atoms with Crippen molar-refractivity contribution in [3.8, 4) is 0 Å². The van der Waals surface area contributed by atoms with Crippen LogP contribution in [-0.4, -0.2) is 37.0 Å². The maximum absolute atomic E-state index is 11.4. The second-order valence-corrected chi connectivity index (χ2v) is 4.46. The molecule has 0 aromatic heterocycles. The molecule has 0 radical (unpaired) electrons. The highest BCUT2D eigenvalue weighted by atomic mass is 16.5. The summed E-state index contributed by atoms with van der Waals surface area (Å²) in [5.41, 5.74) is 0. The molecule has 15 heavy (non-hydrogen) atoms. The molecule has 1 atom stereocenters. The Balaban J connectivity index is 2.29. The fraction of sp³-hybridized carbons (Fsp3) is 0.818. The van der Waals surface area contributed by atoms with Crippen molar-refractivity contribution in [2.45, 2.75) is 26.7 Å². The molecule has 1 aliphatic rings. The lowest BCUT2D eigenvalue weighted by Crippen LogP contribution is -2.37. The third-order valence-corrected chi connectivity index (χ3v) is 2.69. The lowest BCUT2D eigenvalue weighted by molar-refractivity contribution is -0.150. The van der Waals surface area contributed by atoms with Crippen LogP contribution in [0.1, 0.15) is 26.7 Å². The number of carbonyl (C=O) groups is 2. The molecule has 0 N–H and O–H groups in total. The molecule has 1 heterocycles. The van der Waals surface area contributed by atoms with Gasteiger partial charge in [-0.15, -0.1) is 0 Å². The van der Waals surface area contributed by atoms with Gasteiger partial charge in [-0.25, -0.2) is 0 Å². The number of ether oxygens (including phenoxy) is 1. The van der Waals surface area contributed by atoms with Gasteiger partial charge in [0.25, 0.3) is 0 Å². The van der Waals surface area contributed by atoms with Gasteiger partial charge in [0.1, 0.15) is 0 Å². The smallest absolute Gasteiger partial charge is 0.308 e. The zero-order chi connectivity index (χ0) is 11.4. The van der Waals surface area contributed by atoms with E-state index in [4.69, 9.17) is 4.74 Å². The Morgan fingerprint density at radius 2 is 2.27 bits per heavy atom. The van der Waals surface area contributed by atoms with E-state index in [9.17, 15) is 9.59 Å². The van der Waals surface area contributed by atoms with Gasteiger partial charge in [-0.3, -0.25) is 9.59 Å². The molecule has 86 valence electrons. The number of amides is 1. The monoisotopic (exact) mass is 213 g/mol. The van der Waals surface area contributed by atoms with Crippen LogP contribution < -0.4 is 0 Å². The van der Waals surface area contributed by atoms with Gasteiger partial charge in [-0.2, -0.15) is 0 Å². The van der Waals surface area contributed by atoms with Crippen LogP contribution in [0.4, 0.5) is 0 Å². The molecule has 1 aliphatic heterocycles. The van der Waals surface area contributed by atoms with Crippen LogP contribution in [-0.2, 0) is 14.3 Å². The van der Waals surface area contributed by atoms with E-state index in [1.54, 1.807) is 11.9 Å². The van der Waals surface area contributed by atoms with Gasteiger partial charge in [-0.05, 0) is 6.42 Å².